The van der Waals surface area contributed by atoms with Crippen molar-refractivity contribution in [1.82, 2.24) is 4.90 Å². The molecule has 1 fully saturated rings. The van der Waals surface area contributed by atoms with E-state index in [9.17, 15) is 22.8 Å². The summed E-state index contributed by atoms with van der Waals surface area (Å²) in [6.07, 6.45) is -6.70. The Balaban J connectivity index is 2.99. The molecule has 1 aliphatic heterocycles. The number of carboxylic acids is 1. The molecule has 1 aliphatic rings. The molecule has 1 rings (SSSR count). The SMILES string of the molecule is C[C@H]1CN(C(=O)C(F)(F)F)C(C(=O)O)[C@@H](C)O1. The minimum absolute atomic E-state index is 0.307. The smallest absolute Gasteiger partial charge is 0.471 e. The van der Waals surface area contributed by atoms with Crippen LogP contribution >= 0.6 is 0 Å². The third-order valence-corrected chi connectivity index (χ3v) is 2.44. The third kappa shape index (κ3) is 2.87. The number of carbonyl (C=O) groups excluding carboxylic acids is 1. The number of halogens is 3. The van der Waals surface area contributed by atoms with Gasteiger partial charge in [0.2, 0.25) is 0 Å². The molecule has 0 aromatic rings. The van der Waals surface area contributed by atoms with Gasteiger partial charge in [-0.1, -0.05) is 0 Å². The van der Waals surface area contributed by atoms with Gasteiger partial charge in [-0.3, -0.25) is 4.79 Å². The number of nitrogens with zero attached hydrogens (tertiary/aromatic N) is 1. The van der Waals surface area contributed by atoms with Gasteiger partial charge in [-0.2, -0.15) is 13.2 Å². The molecule has 1 unspecified atom stereocenters. The van der Waals surface area contributed by atoms with Crippen molar-refractivity contribution >= 4 is 11.9 Å². The predicted molar refractivity (Wildman–Crippen MR) is 49.2 cm³/mol. The number of morpholine rings is 1. The number of ether oxygens (including phenoxy) is 1. The van der Waals surface area contributed by atoms with Crippen molar-refractivity contribution in [3.05, 3.63) is 0 Å². The summed E-state index contributed by atoms with van der Waals surface area (Å²) in [5.41, 5.74) is 0. The van der Waals surface area contributed by atoms with Crippen molar-refractivity contribution in [1.29, 1.82) is 0 Å². The van der Waals surface area contributed by atoms with Gasteiger partial charge in [0.1, 0.15) is 0 Å². The van der Waals surface area contributed by atoms with Crippen molar-refractivity contribution in [3.63, 3.8) is 0 Å². The van der Waals surface area contributed by atoms with Crippen LogP contribution in [-0.4, -0.2) is 52.9 Å². The van der Waals surface area contributed by atoms with Crippen LogP contribution in [0.2, 0.25) is 0 Å². The molecule has 98 valence electrons. The molecule has 0 saturated carbocycles. The first-order valence-corrected chi connectivity index (χ1v) is 4.90. The monoisotopic (exact) mass is 255 g/mol. The van der Waals surface area contributed by atoms with E-state index in [4.69, 9.17) is 9.84 Å². The van der Waals surface area contributed by atoms with Gasteiger partial charge < -0.3 is 14.7 Å². The van der Waals surface area contributed by atoms with E-state index < -0.39 is 36.3 Å². The third-order valence-electron chi connectivity index (χ3n) is 2.44. The molecule has 17 heavy (non-hydrogen) atoms. The van der Waals surface area contributed by atoms with E-state index in [2.05, 4.69) is 0 Å². The normalized spacial score (nSPS) is 30.2. The standard InChI is InChI=1S/C9H12F3NO4/c1-4-3-13(8(16)9(10,11)12)6(7(14)15)5(2)17-4/h4-6H,3H2,1-2H3,(H,14,15)/t4-,5+,6?/m0/s1. The summed E-state index contributed by atoms with van der Waals surface area (Å²) in [6, 6.07) is -1.61. The lowest BCUT2D eigenvalue weighted by molar-refractivity contribution is -0.203. The number of carboxylic acid groups (broad SMARTS) is 1. The summed E-state index contributed by atoms with van der Waals surface area (Å²) in [5, 5.41) is 8.84. The molecular formula is C9H12F3NO4. The van der Waals surface area contributed by atoms with E-state index >= 15 is 0 Å². The molecule has 1 N–H and O–H groups in total. The van der Waals surface area contributed by atoms with Crippen LogP contribution in [0, 0.1) is 0 Å². The quantitative estimate of drug-likeness (QED) is 0.746. The average molecular weight is 255 g/mol. The lowest BCUT2D eigenvalue weighted by Gasteiger charge is -2.40. The van der Waals surface area contributed by atoms with Gasteiger partial charge in [-0.05, 0) is 13.8 Å². The summed E-state index contributed by atoms with van der Waals surface area (Å²) >= 11 is 0. The highest BCUT2D eigenvalue weighted by Gasteiger charge is 2.50. The molecule has 1 saturated heterocycles. The second-order valence-electron chi connectivity index (χ2n) is 3.89. The molecule has 3 atom stereocenters. The molecular weight excluding hydrogens is 243 g/mol. The second-order valence-corrected chi connectivity index (χ2v) is 3.89. The van der Waals surface area contributed by atoms with E-state index in [1.54, 1.807) is 0 Å². The largest absolute Gasteiger partial charge is 0.480 e. The van der Waals surface area contributed by atoms with Crippen LogP contribution < -0.4 is 0 Å². The fourth-order valence-corrected chi connectivity index (χ4v) is 1.83. The Labute approximate surface area is 95.1 Å². The van der Waals surface area contributed by atoms with Crippen molar-refractivity contribution in [2.75, 3.05) is 6.54 Å². The van der Waals surface area contributed by atoms with Gasteiger partial charge in [0.15, 0.2) is 6.04 Å². The van der Waals surface area contributed by atoms with Crippen molar-refractivity contribution in [2.24, 2.45) is 0 Å². The molecule has 0 aliphatic carbocycles. The van der Waals surface area contributed by atoms with Gasteiger partial charge in [0.25, 0.3) is 0 Å². The highest BCUT2D eigenvalue weighted by atomic mass is 19.4. The fraction of sp³-hybridized carbons (Fsp3) is 0.778. The molecule has 0 spiro atoms. The Bertz CT molecular complexity index is 331. The first kappa shape index (κ1) is 13.8. The van der Waals surface area contributed by atoms with Crippen LogP contribution in [0.15, 0.2) is 0 Å². The molecule has 0 bridgehead atoms. The maximum absolute atomic E-state index is 12.3. The molecule has 0 aromatic heterocycles. The number of rotatable bonds is 1. The fourth-order valence-electron chi connectivity index (χ4n) is 1.83. The number of aliphatic carboxylic acids is 1. The Kier molecular flexibility index (Phi) is 3.65. The van der Waals surface area contributed by atoms with E-state index in [-0.39, 0.29) is 6.54 Å². The van der Waals surface area contributed by atoms with Crippen molar-refractivity contribution in [3.8, 4) is 0 Å². The Morgan fingerprint density at radius 3 is 2.29 bits per heavy atom. The number of amides is 1. The van der Waals surface area contributed by atoms with Crippen LogP contribution in [0.5, 0.6) is 0 Å². The lowest BCUT2D eigenvalue weighted by atomic mass is 10.1. The summed E-state index contributed by atoms with van der Waals surface area (Å²) < 4.78 is 42.0. The van der Waals surface area contributed by atoms with E-state index in [0.29, 0.717) is 4.90 Å². The minimum atomic E-state index is -5.08. The highest BCUT2D eigenvalue weighted by molar-refractivity contribution is 5.87. The maximum atomic E-state index is 12.3. The first-order valence-electron chi connectivity index (χ1n) is 4.90. The van der Waals surface area contributed by atoms with Gasteiger partial charge in [-0.25, -0.2) is 4.79 Å². The Morgan fingerprint density at radius 1 is 1.35 bits per heavy atom. The van der Waals surface area contributed by atoms with E-state index in [1.807, 2.05) is 0 Å². The zero-order valence-corrected chi connectivity index (χ0v) is 9.19. The highest BCUT2D eigenvalue weighted by Crippen LogP contribution is 2.25. The van der Waals surface area contributed by atoms with Crippen LogP contribution in [0.4, 0.5) is 13.2 Å². The summed E-state index contributed by atoms with van der Waals surface area (Å²) in [6.45, 7) is 2.41. The van der Waals surface area contributed by atoms with Gasteiger partial charge in [-0.15, -0.1) is 0 Å². The molecule has 5 nitrogen and oxygen atoms in total. The first-order chi connectivity index (χ1) is 7.64. The topological polar surface area (TPSA) is 66.8 Å². The minimum Gasteiger partial charge on any atom is -0.480 e. The molecule has 0 radical (unpaired) electrons. The van der Waals surface area contributed by atoms with Gasteiger partial charge in [0, 0.05) is 6.54 Å². The Morgan fingerprint density at radius 2 is 1.88 bits per heavy atom. The molecule has 8 heteroatoms. The number of hydrogen-bond donors (Lipinski definition) is 1. The zero-order valence-electron chi connectivity index (χ0n) is 9.19. The number of carbonyl (C=O) groups is 2. The number of hydrogen-bond acceptors (Lipinski definition) is 3. The maximum Gasteiger partial charge on any atom is 0.471 e. The zero-order chi connectivity index (χ0) is 13.4. The van der Waals surface area contributed by atoms with Crippen molar-refractivity contribution < 1.29 is 32.6 Å². The van der Waals surface area contributed by atoms with Crippen LogP contribution in [-0.2, 0) is 14.3 Å². The van der Waals surface area contributed by atoms with Crippen LogP contribution in [0.3, 0.4) is 0 Å². The van der Waals surface area contributed by atoms with Gasteiger partial charge in [0.05, 0.1) is 12.2 Å². The lowest BCUT2D eigenvalue weighted by Crippen LogP contribution is -2.61. The van der Waals surface area contributed by atoms with E-state index in [0.717, 1.165) is 0 Å². The van der Waals surface area contributed by atoms with Crippen molar-refractivity contribution in [2.45, 2.75) is 38.3 Å². The van der Waals surface area contributed by atoms with E-state index in [1.165, 1.54) is 13.8 Å². The molecule has 0 aromatic carbocycles. The average Bonchev–Trinajstić information content (AvgIpc) is 2.12. The summed E-state index contributed by atoms with van der Waals surface area (Å²) in [4.78, 5) is 22.3. The van der Waals surface area contributed by atoms with Crippen LogP contribution in [0.1, 0.15) is 13.8 Å². The molecule has 1 heterocycles. The Hall–Kier alpha value is -1.31. The predicted octanol–water partition coefficient (Wildman–Crippen LogP) is 0.638. The van der Waals surface area contributed by atoms with Crippen LogP contribution in [0.25, 0.3) is 0 Å². The van der Waals surface area contributed by atoms with Gasteiger partial charge >= 0.3 is 18.1 Å². The summed E-state index contributed by atoms with van der Waals surface area (Å²) in [5.74, 6) is -3.66. The summed E-state index contributed by atoms with van der Waals surface area (Å²) in [7, 11) is 0. The molecule has 1 amide bonds. The number of alkyl halides is 3. The second kappa shape index (κ2) is 4.52.